The molecule has 1 amide bonds. The first-order valence-electron chi connectivity index (χ1n) is 10.7. The van der Waals surface area contributed by atoms with E-state index in [0.29, 0.717) is 34.8 Å². The van der Waals surface area contributed by atoms with Gasteiger partial charge in [0.05, 0.1) is 23.8 Å². The lowest BCUT2D eigenvalue weighted by molar-refractivity contribution is 0.0952. The Kier molecular flexibility index (Phi) is 4.92. The minimum Gasteiger partial charge on any atom is -0.497 e. The summed E-state index contributed by atoms with van der Waals surface area (Å²) in [5, 5.41) is 12.4. The first-order chi connectivity index (χ1) is 15.5. The number of benzene rings is 1. The first kappa shape index (κ1) is 20.2. The summed E-state index contributed by atoms with van der Waals surface area (Å²) in [4.78, 5) is 18.0. The fourth-order valence-electron chi connectivity index (χ4n) is 4.02. The largest absolute Gasteiger partial charge is 0.497 e. The minimum absolute atomic E-state index is 0.181. The Labute approximate surface area is 185 Å². The van der Waals surface area contributed by atoms with Crippen LogP contribution >= 0.6 is 0 Å². The van der Waals surface area contributed by atoms with E-state index in [1.54, 1.807) is 7.11 Å². The maximum absolute atomic E-state index is 13.4. The normalized spacial score (nSPS) is 13.5. The number of pyridine rings is 1. The quantitative estimate of drug-likeness (QED) is 0.495. The second-order valence-corrected chi connectivity index (χ2v) is 8.26. The molecule has 0 spiro atoms. The Hall–Kier alpha value is -3.68. The van der Waals surface area contributed by atoms with Crippen molar-refractivity contribution in [3.8, 4) is 17.0 Å². The monoisotopic (exact) mass is 431 g/mol. The molecule has 0 aliphatic heterocycles. The van der Waals surface area contributed by atoms with Crippen molar-refractivity contribution in [3.05, 3.63) is 58.5 Å². The van der Waals surface area contributed by atoms with Crippen LogP contribution in [0.25, 0.3) is 22.4 Å². The number of carbonyl (C=O) groups excluding carboxylic acids is 1. The van der Waals surface area contributed by atoms with Crippen LogP contribution in [0.5, 0.6) is 5.75 Å². The fourth-order valence-corrected chi connectivity index (χ4v) is 4.02. The molecule has 1 N–H and O–H groups in total. The molecule has 1 aliphatic rings. The van der Waals surface area contributed by atoms with Gasteiger partial charge in [0.15, 0.2) is 0 Å². The fraction of sp³-hybridized carbons (Fsp3) is 0.333. The lowest BCUT2D eigenvalue weighted by Gasteiger charge is -2.09. The van der Waals surface area contributed by atoms with E-state index in [1.165, 1.54) is 0 Å². The predicted molar refractivity (Wildman–Crippen MR) is 120 cm³/mol. The van der Waals surface area contributed by atoms with E-state index in [1.807, 2.05) is 55.9 Å². The molecule has 32 heavy (non-hydrogen) atoms. The van der Waals surface area contributed by atoms with Crippen LogP contribution in [0, 0.1) is 13.8 Å². The summed E-state index contributed by atoms with van der Waals surface area (Å²) >= 11 is 0. The van der Waals surface area contributed by atoms with Crippen LogP contribution < -0.4 is 10.1 Å². The summed E-state index contributed by atoms with van der Waals surface area (Å²) in [6.45, 7) is 4.35. The van der Waals surface area contributed by atoms with Crippen molar-refractivity contribution in [1.29, 1.82) is 0 Å². The van der Waals surface area contributed by atoms with Crippen LogP contribution in [0.15, 0.2) is 34.9 Å². The molecule has 1 aliphatic carbocycles. The number of rotatable bonds is 6. The number of carbonyl (C=O) groups is 1. The van der Waals surface area contributed by atoms with Gasteiger partial charge in [-0.1, -0.05) is 5.16 Å². The molecule has 0 bridgehead atoms. The van der Waals surface area contributed by atoms with Gasteiger partial charge in [0.2, 0.25) is 0 Å². The second-order valence-electron chi connectivity index (χ2n) is 8.26. The van der Waals surface area contributed by atoms with Gasteiger partial charge in [-0.15, -0.1) is 0 Å². The van der Waals surface area contributed by atoms with Gasteiger partial charge < -0.3 is 14.6 Å². The summed E-state index contributed by atoms with van der Waals surface area (Å²) in [6, 6.07) is 9.40. The lowest BCUT2D eigenvalue weighted by atomic mass is 10.0. The van der Waals surface area contributed by atoms with E-state index in [-0.39, 0.29) is 5.91 Å². The first-order valence-corrected chi connectivity index (χ1v) is 10.7. The van der Waals surface area contributed by atoms with Crippen molar-refractivity contribution in [2.75, 3.05) is 7.11 Å². The van der Waals surface area contributed by atoms with Gasteiger partial charge in [-0.2, -0.15) is 5.10 Å². The number of ether oxygens (including phenoxy) is 1. The average Bonchev–Trinajstić information content (AvgIpc) is 3.52. The van der Waals surface area contributed by atoms with Gasteiger partial charge >= 0.3 is 0 Å². The van der Waals surface area contributed by atoms with Gasteiger partial charge in [0.25, 0.3) is 11.6 Å². The van der Waals surface area contributed by atoms with E-state index < -0.39 is 0 Å². The van der Waals surface area contributed by atoms with Gasteiger partial charge in [-0.3, -0.25) is 9.48 Å². The average molecular weight is 431 g/mol. The Morgan fingerprint density at radius 1 is 1.25 bits per heavy atom. The summed E-state index contributed by atoms with van der Waals surface area (Å²) in [7, 11) is 3.53. The smallest absolute Gasteiger partial charge is 0.259 e. The number of fused-ring (bicyclic) bond motifs is 1. The minimum atomic E-state index is -0.181. The van der Waals surface area contributed by atoms with E-state index in [4.69, 9.17) is 9.26 Å². The molecular weight excluding hydrogens is 406 g/mol. The van der Waals surface area contributed by atoms with E-state index in [2.05, 4.69) is 20.6 Å². The highest BCUT2D eigenvalue weighted by Crippen LogP contribution is 2.41. The van der Waals surface area contributed by atoms with Crippen molar-refractivity contribution in [2.45, 2.75) is 39.2 Å². The summed E-state index contributed by atoms with van der Waals surface area (Å²) in [5.41, 5.74) is 6.19. The maximum atomic E-state index is 13.4. The molecule has 5 rings (SSSR count). The van der Waals surface area contributed by atoms with Crippen molar-refractivity contribution in [2.24, 2.45) is 7.05 Å². The van der Waals surface area contributed by atoms with Crippen molar-refractivity contribution in [3.63, 3.8) is 0 Å². The third kappa shape index (κ3) is 3.51. The topological polar surface area (TPSA) is 95.1 Å². The molecule has 1 fully saturated rings. The number of aromatic nitrogens is 4. The second kappa shape index (κ2) is 7.78. The molecule has 1 aromatic carbocycles. The van der Waals surface area contributed by atoms with E-state index >= 15 is 0 Å². The zero-order valence-corrected chi connectivity index (χ0v) is 18.6. The van der Waals surface area contributed by atoms with Crippen LogP contribution in [0.3, 0.4) is 0 Å². The standard InChI is InChI=1S/C24H25N5O3/c1-13-19(14(2)29(3)27-13)12-25-23(30)18-11-20(15-5-6-15)26-24-21(18)22(28-32-24)16-7-9-17(31-4)10-8-16/h7-11,15H,5-6,12H2,1-4H3,(H,25,30). The van der Waals surface area contributed by atoms with Crippen molar-refractivity contribution in [1.82, 2.24) is 25.2 Å². The molecule has 0 atom stereocenters. The maximum Gasteiger partial charge on any atom is 0.259 e. The number of nitrogens with one attached hydrogen (secondary N) is 1. The third-order valence-electron chi connectivity index (χ3n) is 6.15. The molecule has 3 heterocycles. The van der Waals surface area contributed by atoms with Gasteiger partial charge in [0.1, 0.15) is 11.4 Å². The predicted octanol–water partition coefficient (Wildman–Crippen LogP) is 4.06. The summed E-state index contributed by atoms with van der Waals surface area (Å²) < 4.78 is 12.7. The molecule has 0 saturated heterocycles. The number of hydrogen-bond donors (Lipinski definition) is 1. The Morgan fingerprint density at radius 2 is 2.00 bits per heavy atom. The Morgan fingerprint density at radius 3 is 2.62 bits per heavy atom. The molecule has 1 saturated carbocycles. The van der Waals surface area contributed by atoms with Crippen molar-refractivity contribution < 1.29 is 14.1 Å². The van der Waals surface area contributed by atoms with E-state index in [0.717, 1.165) is 46.8 Å². The zero-order valence-electron chi connectivity index (χ0n) is 18.6. The van der Waals surface area contributed by atoms with Gasteiger partial charge in [-0.05, 0) is 57.0 Å². The Balaban J connectivity index is 1.55. The lowest BCUT2D eigenvalue weighted by Crippen LogP contribution is -2.24. The molecular formula is C24H25N5O3. The van der Waals surface area contributed by atoms with Crippen LogP contribution in [0.1, 0.15) is 51.8 Å². The number of methoxy groups -OCH3 is 1. The molecule has 164 valence electrons. The molecule has 8 heteroatoms. The van der Waals surface area contributed by atoms with Crippen LogP contribution in [-0.4, -0.2) is 32.9 Å². The molecule has 4 aromatic rings. The highest BCUT2D eigenvalue weighted by Gasteiger charge is 2.29. The zero-order chi connectivity index (χ0) is 22.4. The number of hydrogen-bond acceptors (Lipinski definition) is 6. The molecule has 0 radical (unpaired) electrons. The highest BCUT2D eigenvalue weighted by atomic mass is 16.5. The highest BCUT2D eigenvalue weighted by molar-refractivity contribution is 6.09. The van der Waals surface area contributed by atoms with E-state index in [9.17, 15) is 4.79 Å². The van der Waals surface area contributed by atoms with Gasteiger partial charge in [-0.25, -0.2) is 4.98 Å². The molecule has 8 nitrogen and oxygen atoms in total. The number of nitrogens with zero attached hydrogens (tertiary/aromatic N) is 4. The number of aryl methyl sites for hydroxylation is 2. The van der Waals surface area contributed by atoms with Crippen LogP contribution in [0.2, 0.25) is 0 Å². The molecule has 0 unspecified atom stereocenters. The number of amides is 1. The van der Waals surface area contributed by atoms with Crippen LogP contribution in [-0.2, 0) is 13.6 Å². The summed E-state index contributed by atoms with van der Waals surface area (Å²) in [5.74, 6) is 0.944. The van der Waals surface area contributed by atoms with Crippen LogP contribution in [0.4, 0.5) is 0 Å². The Bertz CT molecular complexity index is 1320. The van der Waals surface area contributed by atoms with Gasteiger partial charge in [0, 0.05) is 42.0 Å². The van der Waals surface area contributed by atoms with Crippen molar-refractivity contribution >= 4 is 17.0 Å². The molecule has 3 aromatic heterocycles. The SMILES string of the molecule is COc1ccc(-c2noc3nc(C4CC4)cc(C(=O)NCc4c(C)nn(C)c4C)c23)cc1. The third-order valence-corrected chi connectivity index (χ3v) is 6.15. The summed E-state index contributed by atoms with van der Waals surface area (Å²) in [6.07, 6.45) is 2.15.